The number of rotatable bonds is 16. The molecular formula is C36H38Cl2F2N4O9S. The van der Waals surface area contributed by atoms with E-state index < -0.39 is 47.1 Å². The van der Waals surface area contributed by atoms with Crippen molar-refractivity contribution in [2.75, 3.05) is 49.9 Å². The summed E-state index contributed by atoms with van der Waals surface area (Å²) >= 11 is 12.7. The number of fused-ring (bicyclic) bond motifs is 1. The van der Waals surface area contributed by atoms with Gasteiger partial charge in [-0.05, 0) is 80.6 Å². The Morgan fingerprint density at radius 1 is 1.00 bits per heavy atom. The number of piperidine rings is 1. The van der Waals surface area contributed by atoms with Gasteiger partial charge < -0.3 is 24.3 Å². The fourth-order valence-electron chi connectivity index (χ4n) is 6.47. The largest absolute Gasteiger partial charge is 0.619 e. The second kappa shape index (κ2) is 16.6. The number of pyridine rings is 1. The van der Waals surface area contributed by atoms with Gasteiger partial charge in [0.15, 0.2) is 23.9 Å². The number of likely N-dealkylation sites (tertiary alicyclic amines) is 1. The number of hydrogen-bond donors (Lipinski definition) is 0. The van der Waals surface area contributed by atoms with Crippen LogP contribution in [0.1, 0.15) is 70.1 Å². The Hall–Kier alpha value is -4.25. The average Bonchev–Trinajstić information content (AvgIpc) is 3.91. The molecule has 13 nitrogen and oxygen atoms in total. The summed E-state index contributed by atoms with van der Waals surface area (Å²) in [5.41, 5.74) is 0.585. The Bertz CT molecular complexity index is 2010. The highest BCUT2D eigenvalue weighted by atomic mass is 35.5. The molecule has 0 unspecified atom stereocenters. The molecule has 290 valence electrons. The van der Waals surface area contributed by atoms with E-state index in [1.165, 1.54) is 40.7 Å². The number of carbonyl (C=O) groups is 3. The van der Waals surface area contributed by atoms with Crippen LogP contribution in [0.25, 0.3) is 0 Å². The van der Waals surface area contributed by atoms with E-state index in [9.17, 15) is 36.8 Å². The lowest BCUT2D eigenvalue weighted by molar-refractivity contribution is -0.605. The fraction of sp³-hybridized carbons (Fsp3) is 0.444. The zero-order valence-electron chi connectivity index (χ0n) is 29.2. The van der Waals surface area contributed by atoms with E-state index in [1.807, 2.05) is 0 Å². The standard InChI is InChI=1S/C36H38Cl2F2N4O9S/c1-54(49,50)44(14-13-41-11-3-2-4-12-41)24-8-9-25-26(16-24)35(47)43(34(25)46)20-33(45)52-31(17-27-28(37)18-42(48)19-29(27)38)23-7-10-30(53-36(39)40)32(15-23)51-21-22-5-6-22/h7-10,15-16,18-19,22,31,36H,2-6,11-14,17,20-21H2,1H3/t31-/m0/s1. The number of alkyl halides is 2. The van der Waals surface area contributed by atoms with Gasteiger partial charge in [-0.15, -0.1) is 0 Å². The van der Waals surface area contributed by atoms with Crippen molar-refractivity contribution in [3.63, 3.8) is 0 Å². The van der Waals surface area contributed by atoms with Crippen LogP contribution in [-0.2, 0) is 26.0 Å². The van der Waals surface area contributed by atoms with Gasteiger partial charge in [-0.3, -0.25) is 23.6 Å². The number of esters is 1. The predicted molar refractivity (Wildman–Crippen MR) is 194 cm³/mol. The number of sulfonamides is 1. The van der Waals surface area contributed by atoms with Crippen LogP contribution in [0.2, 0.25) is 10.0 Å². The molecule has 3 aromatic rings. The van der Waals surface area contributed by atoms with E-state index in [0.29, 0.717) is 16.2 Å². The van der Waals surface area contributed by atoms with Crippen molar-refractivity contribution >= 4 is 56.7 Å². The third-order valence-electron chi connectivity index (χ3n) is 9.45. The average molecular weight is 812 g/mol. The summed E-state index contributed by atoms with van der Waals surface area (Å²) in [5.74, 6) is -2.65. The van der Waals surface area contributed by atoms with Crippen molar-refractivity contribution in [3.8, 4) is 11.5 Å². The minimum Gasteiger partial charge on any atom is -0.619 e. The van der Waals surface area contributed by atoms with Crippen molar-refractivity contribution in [2.45, 2.75) is 51.2 Å². The Morgan fingerprint density at radius 3 is 2.33 bits per heavy atom. The van der Waals surface area contributed by atoms with Gasteiger partial charge >= 0.3 is 12.6 Å². The first-order chi connectivity index (χ1) is 25.7. The molecule has 2 fully saturated rings. The lowest BCUT2D eigenvalue weighted by atomic mass is 10.0. The van der Waals surface area contributed by atoms with E-state index in [0.717, 1.165) is 63.8 Å². The van der Waals surface area contributed by atoms with Crippen molar-refractivity contribution < 1.29 is 50.5 Å². The van der Waals surface area contributed by atoms with Crippen molar-refractivity contribution in [2.24, 2.45) is 5.92 Å². The maximum absolute atomic E-state index is 13.6. The molecule has 0 bridgehead atoms. The van der Waals surface area contributed by atoms with Gasteiger partial charge in [0.25, 0.3) is 11.8 Å². The highest BCUT2D eigenvalue weighted by Gasteiger charge is 2.39. The second-order valence-electron chi connectivity index (χ2n) is 13.5. The molecule has 0 spiro atoms. The Kier molecular flexibility index (Phi) is 12.1. The molecule has 1 saturated carbocycles. The van der Waals surface area contributed by atoms with Crippen LogP contribution in [0.5, 0.6) is 11.5 Å². The maximum Gasteiger partial charge on any atom is 0.387 e. The van der Waals surface area contributed by atoms with E-state index in [4.69, 9.17) is 32.7 Å². The number of anilines is 1. The molecule has 2 aromatic carbocycles. The first-order valence-electron chi connectivity index (χ1n) is 17.4. The summed E-state index contributed by atoms with van der Waals surface area (Å²) in [5, 5.41) is 11.8. The molecular weight excluding hydrogens is 773 g/mol. The first kappa shape index (κ1) is 39.4. The Balaban J connectivity index is 1.23. The van der Waals surface area contributed by atoms with Crippen LogP contribution in [0, 0.1) is 11.1 Å². The van der Waals surface area contributed by atoms with Crippen molar-refractivity contribution in [1.29, 1.82) is 0 Å². The monoisotopic (exact) mass is 810 g/mol. The van der Waals surface area contributed by atoms with Crippen LogP contribution in [0.3, 0.4) is 0 Å². The molecule has 1 aromatic heterocycles. The Labute approximate surface area is 320 Å². The van der Waals surface area contributed by atoms with Gasteiger partial charge in [0, 0.05) is 25.1 Å². The number of imide groups is 1. The lowest BCUT2D eigenvalue weighted by Crippen LogP contribution is -2.40. The minimum absolute atomic E-state index is 0.0154. The van der Waals surface area contributed by atoms with Gasteiger partial charge in [-0.2, -0.15) is 13.5 Å². The van der Waals surface area contributed by atoms with E-state index in [2.05, 4.69) is 9.64 Å². The zero-order chi connectivity index (χ0) is 38.7. The number of hydrogen-bond acceptors (Lipinski definition) is 10. The van der Waals surface area contributed by atoms with Crippen LogP contribution >= 0.6 is 23.2 Å². The number of carbonyl (C=O) groups excluding carboxylic acids is 3. The van der Waals surface area contributed by atoms with Crippen LogP contribution in [-0.4, -0.2) is 88.2 Å². The number of benzene rings is 2. The summed E-state index contributed by atoms with van der Waals surface area (Å²) in [6.45, 7) is -1.36. The van der Waals surface area contributed by atoms with Crippen LogP contribution < -0.4 is 18.5 Å². The molecule has 54 heavy (non-hydrogen) atoms. The van der Waals surface area contributed by atoms with Gasteiger partial charge in [-0.25, -0.2) is 8.42 Å². The van der Waals surface area contributed by atoms with Crippen molar-refractivity contribution in [1.82, 2.24) is 9.80 Å². The topological polar surface area (TPSA) is 150 Å². The third kappa shape index (κ3) is 9.51. The molecule has 3 aliphatic rings. The second-order valence-corrected chi connectivity index (χ2v) is 16.2. The van der Waals surface area contributed by atoms with Gasteiger partial charge in [0.2, 0.25) is 10.0 Å². The number of amides is 2. The maximum atomic E-state index is 13.6. The molecule has 0 radical (unpaired) electrons. The fourth-order valence-corrected chi connectivity index (χ4v) is 7.97. The van der Waals surface area contributed by atoms with Gasteiger partial charge in [0.05, 0.1) is 29.7 Å². The molecule has 18 heteroatoms. The first-order valence-corrected chi connectivity index (χ1v) is 20.0. The predicted octanol–water partition coefficient (Wildman–Crippen LogP) is 5.39. The highest BCUT2D eigenvalue weighted by Crippen LogP contribution is 2.38. The minimum atomic E-state index is -3.76. The van der Waals surface area contributed by atoms with Gasteiger partial charge in [0.1, 0.15) is 22.7 Å². The van der Waals surface area contributed by atoms with E-state index >= 15 is 0 Å². The zero-order valence-corrected chi connectivity index (χ0v) is 31.5. The molecule has 3 heterocycles. The third-order valence-corrected chi connectivity index (χ3v) is 11.3. The summed E-state index contributed by atoms with van der Waals surface area (Å²) < 4.78 is 70.0. The highest BCUT2D eigenvalue weighted by molar-refractivity contribution is 7.92. The number of aromatic nitrogens is 1. The number of halogens is 4. The molecule has 0 N–H and O–H groups in total. The van der Waals surface area contributed by atoms with Crippen LogP contribution in [0.4, 0.5) is 14.5 Å². The summed E-state index contributed by atoms with van der Waals surface area (Å²) in [6, 6.07) is 8.11. The quantitative estimate of drug-likeness (QED) is 0.0798. The lowest BCUT2D eigenvalue weighted by Gasteiger charge is -2.30. The summed E-state index contributed by atoms with van der Waals surface area (Å²) in [7, 11) is -3.76. The molecule has 6 rings (SSSR count). The molecule has 2 aliphatic heterocycles. The van der Waals surface area contributed by atoms with E-state index in [1.54, 1.807) is 0 Å². The molecule has 2 amide bonds. The molecule has 1 saturated heterocycles. The van der Waals surface area contributed by atoms with Gasteiger partial charge in [-0.1, -0.05) is 35.7 Å². The number of nitrogens with zero attached hydrogens (tertiary/aromatic N) is 4. The number of ether oxygens (including phenoxy) is 3. The normalized spacial score (nSPS) is 16.7. The van der Waals surface area contributed by atoms with Crippen molar-refractivity contribution in [3.05, 3.63) is 86.3 Å². The summed E-state index contributed by atoms with van der Waals surface area (Å²) in [4.78, 5) is 43.5. The van der Waals surface area contributed by atoms with E-state index in [-0.39, 0.29) is 75.0 Å². The smallest absolute Gasteiger partial charge is 0.387 e. The van der Waals surface area contributed by atoms with Crippen LogP contribution in [0.15, 0.2) is 48.8 Å². The molecule has 1 atom stereocenters. The SMILES string of the molecule is CS(=O)(=O)N(CCN1CCCCC1)c1ccc2c(c1)C(=O)N(CC(=O)O[C@@H](Cc1c(Cl)c[n+]([O-])cc1Cl)c1ccc(OC(F)F)c(OCC3CC3)c1)C2=O. The Morgan fingerprint density at radius 2 is 1.69 bits per heavy atom. The summed E-state index contributed by atoms with van der Waals surface area (Å²) in [6.07, 6.45) is 6.76. The molecule has 1 aliphatic carbocycles.